The van der Waals surface area contributed by atoms with Gasteiger partial charge in [-0.25, -0.2) is 18.4 Å². The molecule has 18 heavy (non-hydrogen) atoms. The summed E-state index contributed by atoms with van der Waals surface area (Å²) in [6.07, 6.45) is 3.30. The molecule has 0 radical (unpaired) electrons. The molecule has 1 rings (SSSR count). The van der Waals surface area contributed by atoms with Crippen molar-refractivity contribution in [3.8, 4) is 0 Å². The zero-order chi connectivity index (χ0) is 13.6. The van der Waals surface area contributed by atoms with E-state index in [-0.39, 0.29) is 5.75 Å². The molecule has 0 amide bonds. The summed E-state index contributed by atoms with van der Waals surface area (Å²) in [5.74, 6) is 1.73. The minimum Gasteiger partial charge on any atom is -0.370 e. The monoisotopic (exact) mass is 272 g/mol. The van der Waals surface area contributed by atoms with Gasteiger partial charge in [0.15, 0.2) is 0 Å². The van der Waals surface area contributed by atoms with Gasteiger partial charge in [-0.1, -0.05) is 0 Å². The highest BCUT2D eigenvalue weighted by Crippen LogP contribution is 2.17. The molecule has 6 nitrogen and oxygen atoms in total. The van der Waals surface area contributed by atoms with E-state index in [1.54, 1.807) is 0 Å². The molecular weight excluding hydrogens is 252 g/mol. The number of anilines is 2. The van der Waals surface area contributed by atoms with Crippen LogP contribution in [0.15, 0.2) is 6.33 Å². The van der Waals surface area contributed by atoms with Crippen LogP contribution >= 0.6 is 0 Å². The molecule has 0 aliphatic carbocycles. The van der Waals surface area contributed by atoms with Crippen LogP contribution in [0.25, 0.3) is 0 Å². The van der Waals surface area contributed by atoms with Crippen molar-refractivity contribution >= 4 is 21.5 Å². The van der Waals surface area contributed by atoms with Crippen molar-refractivity contribution in [1.29, 1.82) is 0 Å². The summed E-state index contributed by atoms with van der Waals surface area (Å²) in [6.45, 7) is 5.31. The maximum absolute atomic E-state index is 11.0. The second-order valence-electron chi connectivity index (χ2n) is 4.14. The Labute approximate surface area is 108 Å². The van der Waals surface area contributed by atoms with E-state index < -0.39 is 9.84 Å². The topological polar surface area (TPSA) is 84.0 Å². The van der Waals surface area contributed by atoms with Gasteiger partial charge in [0.1, 0.15) is 27.8 Å². The maximum atomic E-state index is 11.0. The van der Waals surface area contributed by atoms with Crippen LogP contribution in [-0.2, 0) is 9.84 Å². The van der Waals surface area contributed by atoms with Crippen LogP contribution in [0.4, 0.5) is 11.6 Å². The molecule has 102 valence electrons. The number of nitrogens with one attached hydrogen (secondary N) is 2. The van der Waals surface area contributed by atoms with E-state index in [4.69, 9.17) is 0 Å². The van der Waals surface area contributed by atoms with Crippen molar-refractivity contribution in [3.05, 3.63) is 11.9 Å². The lowest BCUT2D eigenvalue weighted by Gasteiger charge is -2.11. The van der Waals surface area contributed by atoms with Crippen LogP contribution < -0.4 is 10.6 Å². The van der Waals surface area contributed by atoms with Gasteiger partial charge in [0.2, 0.25) is 0 Å². The molecule has 0 unspecified atom stereocenters. The molecule has 1 heterocycles. The molecule has 0 aromatic carbocycles. The Morgan fingerprint density at radius 3 is 2.39 bits per heavy atom. The number of sulfone groups is 1. The third-order valence-electron chi connectivity index (χ3n) is 2.41. The predicted octanol–water partition coefficient (Wildman–Crippen LogP) is 1.06. The molecule has 0 aliphatic heterocycles. The van der Waals surface area contributed by atoms with Gasteiger partial charge in [-0.15, -0.1) is 0 Å². The van der Waals surface area contributed by atoms with Crippen LogP contribution in [0.1, 0.15) is 18.9 Å². The summed E-state index contributed by atoms with van der Waals surface area (Å²) < 4.78 is 22.0. The Morgan fingerprint density at radius 1 is 1.22 bits per heavy atom. The van der Waals surface area contributed by atoms with Gasteiger partial charge >= 0.3 is 0 Å². The number of rotatable bonds is 7. The Morgan fingerprint density at radius 2 is 1.83 bits per heavy atom. The summed E-state index contributed by atoms with van der Waals surface area (Å²) in [6, 6.07) is 0. The molecule has 0 bridgehead atoms. The Hall–Kier alpha value is -1.37. The first-order chi connectivity index (χ1) is 8.44. The second kappa shape index (κ2) is 6.53. The lowest BCUT2D eigenvalue weighted by Crippen LogP contribution is -2.12. The van der Waals surface area contributed by atoms with Crippen LogP contribution in [-0.4, -0.2) is 43.5 Å². The maximum Gasteiger partial charge on any atom is 0.147 e. The number of hydrogen-bond acceptors (Lipinski definition) is 6. The van der Waals surface area contributed by atoms with Crippen molar-refractivity contribution in [2.24, 2.45) is 0 Å². The zero-order valence-electron chi connectivity index (χ0n) is 11.0. The fourth-order valence-electron chi connectivity index (χ4n) is 1.52. The van der Waals surface area contributed by atoms with Gasteiger partial charge in [-0.05, 0) is 20.3 Å². The standard InChI is InChI=1S/C11H20N4O2S/c1-4-12-10-9(2)11(15-8-14-10)13-6-5-7-18(3,16)17/h8H,4-7H2,1-3H3,(H2,12,13,14,15). The van der Waals surface area contributed by atoms with Gasteiger partial charge < -0.3 is 10.6 Å². The van der Waals surface area contributed by atoms with Crippen molar-refractivity contribution in [1.82, 2.24) is 9.97 Å². The van der Waals surface area contributed by atoms with Crippen LogP contribution in [0, 0.1) is 6.92 Å². The summed E-state index contributed by atoms with van der Waals surface area (Å²) in [7, 11) is -2.89. The lowest BCUT2D eigenvalue weighted by molar-refractivity contribution is 0.600. The average molecular weight is 272 g/mol. The fourth-order valence-corrected chi connectivity index (χ4v) is 2.18. The smallest absolute Gasteiger partial charge is 0.147 e. The first-order valence-electron chi connectivity index (χ1n) is 5.91. The minimum atomic E-state index is -2.89. The summed E-state index contributed by atoms with van der Waals surface area (Å²) >= 11 is 0. The van der Waals surface area contributed by atoms with E-state index in [0.29, 0.717) is 13.0 Å². The van der Waals surface area contributed by atoms with E-state index in [1.807, 2.05) is 13.8 Å². The largest absolute Gasteiger partial charge is 0.370 e. The first kappa shape index (κ1) is 14.7. The molecule has 1 aromatic rings. The van der Waals surface area contributed by atoms with Gasteiger partial charge in [0.25, 0.3) is 0 Å². The zero-order valence-corrected chi connectivity index (χ0v) is 11.8. The van der Waals surface area contributed by atoms with Crippen molar-refractivity contribution in [2.75, 3.05) is 35.7 Å². The van der Waals surface area contributed by atoms with Crippen LogP contribution in [0.2, 0.25) is 0 Å². The third kappa shape index (κ3) is 4.87. The van der Waals surface area contributed by atoms with E-state index in [0.717, 1.165) is 23.7 Å². The first-order valence-corrected chi connectivity index (χ1v) is 7.97. The predicted molar refractivity (Wildman–Crippen MR) is 73.8 cm³/mol. The highest BCUT2D eigenvalue weighted by Gasteiger charge is 2.06. The van der Waals surface area contributed by atoms with E-state index >= 15 is 0 Å². The lowest BCUT2D eigenvalue weighted by atomic mass is 10.3. The molecule has 0 saturated carbocycles. The minimum absolute atomic E-state index is 0.185. The molecule has 0 fully saturated rings. The fraction of sp³-hybridized carbons (Fsp3) is 0.636. The molecular formula is C11H20N4O2S. The highest BCUT2D eigenvalue weighted by molar-refractivity contribution is 7.90. The molecule has 0 atom stereocenters. The number of nitrogens with zero attached hydrogens (tertiary/aromatic N) is 2. The average Bonchev–Trinajstić information content (AvgIpc) is 2.28. The molecule has 0 saturated heterocycles. The van der Waals surface area contributed by atoms with Crippen LogP contribution in [0.5, 0.6) is 0 Å². The molecule has 0 spiro atoms. The molecule has 1 aromatic heterocycles. The summed E-state index contributed by atoms with van der Waals surface area (Å²) in [5, 5.41) is 6.27. The van der Waals surface area contributed by atoms with Crippen molar-refractivity contribution in [3.63, 3.8) is 0 Å². The van der Waals surface area contributed by atoms with E-state index in [1.165, 1.54) is 12.6 Å². The third-order valence-corrected chi connectivity index (χ3v) is 3.44. The normalized spacial score (nSPS) is 11.3. The van der Waals surface area contributed by atoms with Gasteiger partial charge in [-0.3, -0.25) is 0 Å². The van der Waals surface area contributed by atoms with Gasteiger partial charge in [0, 0.05) is 24.9 Å². The summed E-state index contributed by atoms with van der Waals surface area (Å²) in [5.41, 5.74) is 0.943. The number of hydrogen-bond donors (Lipinski definition) is 2. The summed E-state index contributed by atoms with van der Waals surface area (Å²) in [4.78, 5) is 8.28. The Balaban J connectivity index is 2.55. The molecule has 2 N–H and O–H groups in total. The van der Waals surface area contributed by atoms with Gasteiger partial charge in [-0.2, -0.15) is 0 Å². The molecule has 7 heteroatoms. The molecule has 0 aliphatic rings. The highest BCUT2D eigenvalue weighted by atomic mass is 32.2. The Kier molecular flexibility index (Phi) is 5.33. The Bertz CT molecular complexity index is 488. The van der Waals surface area contributed by atoms with E-state index in [9.17, 15) is 8.42 Å². The number of aromatic nitrogens is 2. The SMILES string of the molecule is CCNc1ncnc(NCCCS(C)(=O)=O)c1C. The van der Waals surface area contributed by atoms with Crippen molar-refractivity contribution in [2.45, 2.75) is 20.3 Å². The second-order valence-corrected chi connectivity index (χ2v) is 6.40. The van der Waals surface area contributed by atoms with Gasteiger partial charge in [0.05, 0.1) is 5.75 Å². The van der Waals surface area contributed by atoms with Crippen molar-refractivity contribution < 1.29 is 8.42 Å². The van der Waals surface area contributed by atoms with Crippen LogP contribution in [0.3, 0.4) is 0 Å². The van der Waals surface area contributed by atoms with E-state index in [2.05, 4.69) is 20.6 Å². The quantitative estimate of drug-likeness (QED) is 0.722.